The highest BCUT2D eigenvalue weighted by molar-refractivity contribution is 5.62. The van der Waals surface area contributed by atoms with Gasteiger partial charge in [0.2, 0.25) is 0 Å². The summed E-state index contributed by atoms with van der Waals surface area (Å²) in [5.74, 6) is 0. The Bertz CT molecular complexity index is 660. The highest BCUT2D eigenvalue weighted by Gasteiger charge is 2.05. The summed E-state index contributed by atoms with van der Waals surface area (Å²) in [5.41, 5.74) is 6.63. The molecule has 102 valence electrons. The molecule has 0 saturated carbocycles. The quantitative estimate of drug-likeness (QED) is 0.680. The molecule has 0 bridgehead atoms. The fourth-order valence-electron chi connectivity index (χ4n) is 2.21. The summed E-state index contributed by atoms with van der Waals surface area (Å²) in [7, 11) is 0. The molecule has 2 heterocycles. The number of aromatic amines is 2. The van der Waals surface area contributed by atoms with E-state index in [1.165, 1.54) is 5.56 Å². The molecular formula is C15H17N5. The molecule has 0 aliphatic rings. The lowest BCUT2D eigenvalue weighted by atomic mass is 10.1. The van der Waals surface area contributed by atoms with Crippen molar-refractivity contribution in [3.63, 3.8) is 0 Å². The van der Waals surface area contributed by atoms with E-state index in [9.17, 15) is 0 Å². The Morgan fingerprint density at radius 3 is 2.55 bits per heavy atom. The van der Waals surface area contributed by atoms with Crippen molar-refractivity contribution in [3.05, 3.63) is 53.7 Å². The number of rotatable bonds is 4. The van der Waals surface area contributed by atoms with Crippen molar-refractivity contribution in [1.82, 2.24) is 20.2 Å². The van der Waals surface area contributed by atoms with Crippen LogP contribution in [-0.2, 0) is 6.54 Å². The van der Waals surface area contributed by atoms with Gasteiger partial charge < -0.3 is 10.3 Å². The Labute approximate surface area is 117 Å². The van der Waals surface area contributed by atoms with Crippen molar-refractivity contribution in [2.24, 2.45) is 0 Å². The van der Waals surface area contributed by atoms with Gasteiger partial charge in [-0.05, 0) is 31.5 Å². The molecule has 3 aromatic rings. The van der Waals surface area contributed by atoms with Crippen molar-refractivity contribution in [3.8, 4) is 11.3 Å². The normalized spacial score (nSPS) is 10.7. The van der Waals surface area contributed by atoms with Gasteiger partial charge in [-0.3, -0.25) is 5.10 Å². The van der Waals surface area contributed by atoms with Gasteiger partial charge in [0.05, 0.1) is 23.9 Å². The van der Waals surface area contributed by atoms with Gasteiger partial charge in [0.15, 0.2) is 0 Å². The van der Waals surface area contributed by atoms with Crippen LogP contribution in [0.25, 0.3) is 11.3 Å². The lowest BCUT2D eigenvalue weighted by molar-refractivity contribution is 1.02. The van der Waals surface area contributed by atoms with Crippen molar-refractivity contribution >= 4 is 5.69 Å². The summed E-state index contributed by atoms with van der Waals surface area (Å²) in [6.07, 6.45) is 3.51. The number of imidazole rings is 1. The molecule has 0 atom stereocenters. The van der Waals surface area contributed by atoms with Crippen LogP contribution in [0.5, 0.6) is 0 Å². The molecule has 0 fully saturated rings. The van der Waals surface area contributed by atoms with Gasteiger partial charge in [-0.25, -0.2) is 4.98 Å². The smallest absolute Gasteiger partial charge is 0.0924 e. The fraction of sp³-hybridized carbons (Fsp3) is 0.200. The Morgan fingerprint density at radius 2 is 1.95 bits per heavy atom. The topological polar surface area (TPSA) is 69.4 Å². The van der Waals surface area contributed by atoms with E-state index in [4.69, 9.17) is 0 Å². The van der Waals surface area contributed by atoms with Crippen molar-refractivity contribution in [1.29, 1.82) is 0 Å². The zero-order valence-electron chi connectivity index (χ0n) is 11.6. The third kappa shape index (κ3) is 2.42. The number of aromatic nitrogens is 4. The van der Waals surface area contributed by atoms with Gasteiger partial charge in [0.1, 0.15) is 0 Å². The molecule has 3 rings (SSSR count). The summed E-state index contributed by atoms with van der Waals surface area (Å²) in [5, 5.41) is 10.6. The number of anilines is 1. The van der Waals surface area contributed by atoms with Gasteiger partial charge in [-0.1, -0.05) is 12.1 Å². The second kappa shape index (κ2) is 5.21. The molecule has 20 heavy (non-hydrogen) atoms. The SMILES string of the molecule is Cc1n[nH]c(C)c1CNc1ccc(-c2cnc[nH]2)cc1. The number of nitrogens with one attached hydrogen (secondary N) is 3. The van der Waals surface area contributed by atoms with Crippen LogP contribution in [-0.4, -0.2) is 20.2 Å². The monoisotopic (exact) mass is 267 g/mol. The van der Waals surface area contributed by atoms with Crippen LogP contribution in [0.15, 0.2) is 36.8 Å². The second-order valence-electron chi connectivity index (χ2n) is 4.81. The maximum absolute atomic E-state index is 4.20. The predicted octanol–water partition coefficient (Wildman–Crippen LogP) is 3.03. The van der Waals surface area contributed by atoms with Crippen molar-refractivity contribution < 1.29 is 0 Å². The Morgan fingerprint density at radius 1 is 1.15 bits per heavy atom. The minimum atomic E-state index is 0.775. The Kier molecular flexibility index (Phi) is 3.25. The summed E-state index contributed by atoms with van der Waals surface area (Å²) < 4.78 is 0. The molecule has 0 aliphatic carbocycles. The number of benzene rings is 1. The molecule has 0 spiro atoms. The molecular weight excluding hydrogens is 250 g/mol. The van der Waals surface area contributed by atoms with E-state index >= 15 is 0 Å². The second-order valence-corrected chi connectivity index (χ2v) is 4.81. The van der Waals surface area contributed by atoms with Crippen molar-refractivity contribution in [2.45, 2.75) is 20.4 Å². The molecule has 0 amide bonds. The van der Waals surface area contributed by atoms with Gasteiger partial charge in [-0.15, -0.1) is 0 Å². The van der Waals surface area contributed by atoms with Crippen LogP contribution in [0, 0.1) is 13.8 Å². The van der Waals surface area contributed by atoms with Crippen molar-refractivity contribution in [2.75, 3.05) is 5.32 Å². The highest BCUT2D eigenvalue weighted by Crippen LogP contribution is 2.19. The van der Waals surface area contributed by atoms with Crippen LogP contribution in [0.2, 0.25) is 0 Å². The van der Waals surface area contributed by atoms with E-state index in [0.717, 1.165) is 34.9 Å². The predicted molar refractivity (Wildman–Crippen MR) is 79.4 cm³/mol. The van der Waals surface area contributed by atoms with E-state index in [1.54, 1.807) is 6.33 Å². The number of hydrogen-bond donors (Lipinski definition) is 3. The first-order valence-corrected chi connectivity index (χ1v) is 6.57. The highest BCUT2D eigenvalue weighted by atomic mass is 15.1. The standard InChI is InChI=1S/C15H17N5/c1-10-14(11(2)20-19-10)7-17-13-5-3-12(4-6-13)15-8-16-9-18-15/h3-6,8-9,17H,7H2,1-2H3,(H,16,18)(H,19,20). The summed E-state index contributed by atoms with van der Waals surface area (Å²) in [6.45, 7) is 4.83. The molecule has 1 aromatic carbocycles. The minimum Gasteiger partial charge on any atom is -0.381 e. The summed E-state index contributed by atoms with van der Waals surface area (Å²) >= 11 is 0. The largest absolute Gasteiger partial charge is 0.381 e. The van der Waals surface area contributed by atoms with Gasteiger partial charge in [0, 0.05) is 23.5 Å². The maximum atomic E-state index is 4.20. The lowest BCUT2D eigenvalue weighted by Crippen LogP contribution is -2.01. The number of nitrogens with zero attached hydrogens (tertiary/aromatic N) is 2. The minimum absolute atomic E-state index is 0.775. The third-order valence-corrected chi connectivity index (χ3v) is 3.44. The summed E-state index contributed by atoms with van der Waals surface area (Å²) in [6, 6.07) is 8.29. The van der Waals surface area contributed by atoms with E-state index < -0.39 is 0 Å². The van der Waals surface area contributed by atoms with Gasteiger partial charge >= 0.3 is 0 Å². The number of hydrogen-bond acceptors (Lipinski definition) is 3. The molecule has 3 N–H and O–H groups in total. The fourth-order valence-corrected chi connectivity index (χ4v) is 2.21. The average molecular weight is 267 g/mol. The molecule has 5 heteroatoms. The maximum Gasteiger partial charge on any atom is 0.0924 e. The van der Waals surface area contributed by atoms with E-state index in [-0.39, 0.29) is 0 Å². The molecule has 0 saturated heterocycles. The van der Waals surface area contributed by atoms with E-state index in [2.05, 4.69) is 49.7 Å². The van der Waals surface area contributed by atoms with E-state index in [1.807, 2.05) is 20.0 Å². The zero-order chi connectivity index (χ0) is 13.9. The first kappa shape index (κ1) is 12.5. The van der Waals surface area contributed by atoms with Gasteiger partial charge in [0.25, 0.3) is 0 Å². The van der Waals surface area contributed by atoms with E-state index in [0.29, 0.717) is 0 Å². The van der Waals surface area contributed by atoms with Crippen LogP contribution in [0.3, 0.4) is 0 Å². The molecule has 0 radical (unpaired) electrons. The number of aryl methyl sites for hydroxylation is 2. The van der Waals surface area contributed by atoms with Gasteiger partial charge in [-0.2, -0.15) is 5.10 Å². The van der Waals surface area contributed by atoms with Crippen LogP contribution >= 0.6 is 0 Å². The first-order valence-electron chi connectivity index (χ1n) is 6.57. The molecule has 2 aromatic heterocycles. The van der Waals surface area contributed by atoms with Crippen LogP contribution < -0.4 is 5.32 Å². The van der Waals surface area contributed by atoms with Crippen LogP contribution in [0.1, 0.15) is 17.0 Å². The first-order chi connectivity index (χ1) is 9.74. The molecule has 0 aliphatic heterocycles. The third-order valence-electron chi connectivity index (χ3n) is 3.44. The lowest BCUT2D eigenvalue weighted by Gasteiger charge is -2.07. The Hall–Kier alpha value is -2.56. The average Bonchev–Trinajstić information content (AvgIpc) is 3.09. The Balaban J connectivity index is 1.70. The molecule has 5 nitrogen and oxygen atoms in total. The summed E-state index contributed by atoms with van der Waals surface area (Å²) in [4.78, 5) is 7.13. The number of H-pyrrole nitrogens is 2. The zero-order valence-corrected chi connectivity index (χ0v) is 11.6. The van der Waals surface area contributed by atoms with Crippen LogP contribution in [0.4, 0.5) is 5.69 Å². The molecule has 0 unspecified atom stereocenters.